The van der Waals surface area contributed by atoms with Crippen LogP contribution >= 0.6 is 0 Å². The third-order valence-electron chi connectivity index (χ3n) is 18.5. The number of aromatic nitrogens is 2. The van der Waals surface area contributed by atoms with Crippen molar-refractivity contribution in [2.24, 2.45) is 41.4 Å². The second kappa shape index (κ2) is 38.2. The first-order chi connectivity index (χ1) is 45.9. The van der Waals surface area contributed by atoms with Crippen molar-refractivity contribution in [1.29, 1.82) is 0 Å². The van der Waals surface area contributed by atoms with Crippen LogP contribution < -0.4 is 26.6 Å². The summed E-state index contributed by atoms with van der Waals surface area (Å²) in [4.78, 5) is 194. The zero-order valence-corrected chi connectivity index (χ0v) is 63.9. The van der Waals surface area contributed by atoms with E-state index in [1.807, 2.05) is 74.4 Å². The number of hydrogen-bond acceptors (Lipinski definition) is 15. The van der Waals surface area contributed by atoms with E-state index >= 15 is 19.2 Å². The van der Waals surface area contributed by atoms with Crippen LogP contribution in [0.2, 0.25) is 0 Å². The molecule has 12 unspecified atom stereocenters. The molecular formula is C71H121N15O13. The summed E-state index contributed by atoms with van der Waals surface area (Å²) in [7, 11) is 13.6. The van der Waals surface area contributed by atoms with E-state index in [2.05, 4.69) is 31.6 Å². The minimum absolute atomic E-state index is 0.00761. The SMILES string of the molecule is CCC1NC(=O)C(C(O)C(C)Cc2nc3ccc(C(=O)NCCN(C)C)cc3[nH]2)N(C)C(=O)C(C(C)C)N(C)C(=O)C(CC(C)C)N(C)C(=O)C(CC(C)C)N(C)C(=O)C(C)NC(=O)C(C)NC(=O)C(CC(C)C)N(C)C(=O)C(C(C)C)NC(=O)C(CC(C)C)N(C)C(=O)CN(C)C1=O. The number of carbonyl (C=O) groups is 12. The number of nitrogens with zero attached hydrogens (tertiary/aromatic N) is 9. The van der Waals surface area contributed by atoms with Gasteiger partial charge in [0.05, 0.1) is 23.7 Å². The molecule has 1 aromatic heterocycles. The fourth-order valence-electron chi connectivity index (χ4n) is 12.4. The van der Waals surface area contributed by atoms with Crippen molar-refractivity contribution in [2.75, 3.05) is 83.1 Å². The summed E-state index contributed by atoms with van der Waals surface area (Å²) >= 11 is 0. The molecule has 1 aliphatic heterocycles. The van der Waals surface area contributed by atoms with Gasteiger partial charge in [0.2, 0.25) is 65.0 Å². The van der Waals surface area contributed by atoms with Crippen molar-refractivity contribution in [1.82, 2.24) is 75.8 Å². The third-order valence-corrected chi connectivity index (χ3v) is 18.5. The number of amides is 12. The van der Waals surface area contributed by atoms with Gasteiger partial charge in [-0.25, -0.2) is 4.98 Å². The Kier molecular flexibility index (Phi) is 32.9. The molecule has 1 aliphatic rings. The Balaban J connectivity index is 2.33. The van der Waals surface area contributed by atoms with Crippen molar-refractivity contribution in [3.63, 3.8) is 0 Å². The van der Waals surface area contributed by atoms with E-state index in [9.17, 15) is 43.5 Å². The lowest BCUT2D eigenvalue weighted by molar-refractivity contribution is -0.157. The maximum absolute atomic E-state index is 15.5. The number of aliphatic hydroxyl groups excluding tert-OH is 1. The first kappa shape index (κ1) is 85.5. The Morgan fingerprint density at radius 2 is 1.03 bits per heavy atom. The monoisotopic (exact) mass is 1390 g/mol. The number of benzene rings is 1. The van der Waals surface area contributed by atoms with Crippen LogP contribution in [0.25, 0.3) is 11.0 Å². The maximum Gasteiger partial charge on any atom is 0.251 e. The maximum atomic E-state index is 15.5. The summed E-state index contributed by atoms with van der Waals surface area (Å²) in [6.45, 7) is 28.3. The molecule has 3 rings (SSSR count). The molecule has 2 heterocycles. The topological polar surface area (TPSA) is 340 Å². The number of fused-ring (bicyclic) bond motifs is 1. The van der Waals surface area contributed by atoms with Gasteiger partial charge in [-0.15, -0.1) is 0 Å². The summed E-state index contributed by atoms with van der Waals surface area (Å²) in [6, 6.07) is -7.89. The van der Waals surface area contributed by atoms with Gasteiger partial charge in [0.15, 0.2) is 0 Å². The van der Waals surface area contributed by atoms with Crippen LogP contribution in [-0.2, 0) is 59.2 Å². The first-order valence-corrected chi connectivity index (χ1v) is 35.1. The second-order valence-electron chi connectivity index (χ2n) is 30.0. The number of likely N-dealkylation sites (N-methyl/N-ethyl adjacent to an activating group) is 8. The molecule has 2 aromatic rings. The van der Waals surface area contributed by atoms with Crippen molar-refractivity contribution in [3.8, 4) is 0 Å². The highest BCUT2D eigenvalue weighted by Gasteiger charge is 2.46. The lowest BCUT2D eigenvalue weighted by Gasteiger charge is -2.41. The fraction of sp³-hybridized carbons (Fsp3) is 0.732. The quantitative estimate of drug-likeness (QED) is 0.106. The minimum atomic E-state index is -1.76. The molecule has 28 nitrogen and oxygen atoms in total. The van der Waals surface area contributed by atoms with Crippen LogP contribution in [0.4, 0.5) is 0 Å². The molecule has 99 heavy (non-hydrogen) atoms. The van der Waals surface area contributed by atoms with Gasteiger partial charge >= 0.3 is 0 Å². The Hall–Kier alpha value is -7.75. The van der Waals surface area contributed by atoms with Crippen LogP contribution in [0.3, 0.4) is 0 Å². The van der Waals surface area contributed by atoms with Crippen molar-refractivity contribution in [3.05, 3.63) is 29.6 Å². The molecule has 0 radical (unpaired) electrons. The van der Waals surface area contributed by atoms with Gasteiger partial charge in [-0.2, -0.15) is 0 Å². The number of rotatable bonds is 19. The minimum Gasteiger partial charge on any atom is -0.390 e. The zero-order chi connectivity index (χ0) is 75.7. The van der Waals surface area contributed by atoms with Gasteiger partial charge in [0.25, 0.3) is 5.91 Å². The molecule has 558 valence electrons. The summed E-state index contributed by atoms with van der Waals surface area (Å²) < 4.78 is 0. The van der Waals surface area contributed by atoms with Gasteiger partial charge in [0.1, 0.15) is 66.2 Å². The largest absolute Gasteiger partial charge is 0.390 e. The van der Waals surface area contributed by atoms with Crippen molar-refractivity contribution < 1.29 is 62.6 Å². The second-order valence-corrected chi connectivity index (χ2v) is 30.0. The van der Waals surface area contributed by atoms with Gasteiger partial charge in [-0.3, -0.25) is 57.5 Å². The third kappa shape index (κ3) is 23.4. The smallest absolute Gasteiger partial charge is 0.251 e. The molecule has 7 N–H and O–H groups in total. The standard InChI is InChI=1S/C71H121N15O13/c1-26-48-67(95)80(19)37-56(87)81(20)51(31-38(2)3)64(92)78-57(42(10)11)70(98)82(21)52(32-39(4)5)63(91)73-45(15)61(89)74-46(16)66(94)83(22)53(33-40(6)7)68(96)84(23)54(34-41(8)9)69(97)85(24)58(43(12)13)71(99)86(25)59(65(93)77-48)60(88)44(14)35-55-75-49-28-27-47(36-50(49)76-55)62(90)72-29-30-79(17)18/h27-28,36,38-46,48,51-54,57-60,88H,26,29-35,37H2,1-25H3,(H,72,90)(H,73,91)(H,74,89)(H,75,76)(H,77,93)(H,78,92). The first-order valence-electron chi connectivity index (χ1n) is 35.1. The highest BCUT2D eigenvalue weighted by Crippen LogP contribution is 2.27. The normalized spacial score (nSPS) is 24.7. The highest BCUT2D eigenvalue weighted by atomic mass is 16.3. The molecule has 1 fully saturated rings. The molecule has 12 amide bonds. The van der Waals surface area contributed by atoms with Crippen LogP contribution in [0.15, 0.2) is 18.2 Å². The summed E-state index contributed by atoms with van der Waals surface area (Å²) in [5.74, 6) is -10.5. The van der Waals surface area contributed by atoms with Crippen LogP contribution in [-0.4, -0.2) is 275 Å². The molecular weight excluding hydrogens is 1270 g/mol. The lowest BCUT2D eigenvalue weighted by Crippen LogP contribution is -2.63. The number of nitrogens with one attached hydrogen (secondary N) is 6. The predicted molar refractivity (Wildman–Crippen MR) is 380 cm³/mol. The van der Waals surface area contributed by atoms with E-state index in [0.717, 1.165) is 9.80 Å². The molecule has 1 saturated heterocycles. The van der Waals surface area contributed by atoms with Crippen LogP contribution in [0, 0.1) is 41.4 Å². The fourth-order valence-corrected chi connectivity index (χ4v) is 12.4. The molecule has 28 heteroatoms. The summed E-state index contributed by atoms with van der Waals surface area (Å²) in [5.41, 5.74) is 1.43. The van der Waals surface area contributed by atoms with Crippen LogP contribution in [0.5, 0.6) is 0 Å². The van der Waals surface area contributed by atoms with Crippen LogP contribution in [0.1, 0.15) is 159 Å². The molecule has 0 saturated carbocycles. The molecule has 0 spiro atoms. The van der Waals surface area contributed by atoms with Gasteiger partial charge in [-0.05, 0) is 120 Å². The van der Waals surface area contributed by atoms with Crippen molar-refractivity contribution >= 4 is 81.9 Å². The average molecular weight is 1390 g/mol. The van der Waals surface area contributed by atoms with E-state index < -0.39 is 156 Å². The Morgan fingerprint density at radius 3 is 1.54 bits per heavy atom. The van der Waals surface area contributed by atoms with E-state index in [4.69, 9.17) is 4.98 Å². The summed E-state index contributed by atoms with van der Waals surface area (Å²) in [6.07, 6.45) is -1.22. The molecule has 0 bridgehead atoms. The Bertz CT molecular complexity index is 3130. The van der Waals surface area contributed by atoms with E-state index in [0.29, 0.717) is 35.5 Å². The lowest BCUT2D eigenvalue weighted by atomic mass is 9.91. The van der Waals surface area contributed by atoms with Gasteiger partial charge in [0, 0.05) is 74.4 Å². The van der Waals surface area contributed by atoms with Crippen molar-refractivity contribution in [2.45, 2.75) is 216 Å². The van der Waals surface area contributed by atoms with Gasteiger partial charge in [-0.1, -0.05) is 96.9 Å². The van der Waals surface area contributed by atoms with E-state index in [-0.39, 0.29) is 68.1 Å². The Morgan fingerprint density at radius 1 is 0.556 bits per heavy atom. The van der Waals surface area contributed by atoms with E-state index in [1.54, 1.807) is 59.7 Å². The number of imidazole rings is 1. The molecule has 12 atom stereocenters. The number of H-pyrrole nitrogens is 1. The van der Waals surface area contributed by atoms with Gasteiger partial charge < -0.3 is 75.9 Å². The van der Waals surface area contributed by atoms with E-state index in [1.165, 1.54) is 87.7 Å². The number of aliphatic hydroxyl groups is 1. The molecule has 0 aliphatic carbocycles. The number of hydrogen-bond donors (Lipinski definition) is 7. The number of carbonyl (C=O) groups excluding carboxylic acids is 12. The predicted octanol–water partition coefficient (Wildman–Crippen LogP) is 2.71. The molecule has 1 aromatic carbocycles. The Labute approximate surface area is 587 Å². The summed E-state index contributed by atoms with van der Waals surface area (Å²) in [5, 5.41) is 26.6. The zero-order valence-electron chi connectivity index (χ0n) is 63.9. The highest BCUT2D eigenvalue weighted by molar-refractivity contribution is 6.00. The average Bonchev–Trinajstić information content (AvgIpc) is 1.50. The number of aromatic amines is 1.